The second-order valence-electron chi connectivity index (χ2n) is 4.74. The number of carbonyl (C=O) groups is 1. The molecule has 0 saturated carbocycles. The van der Waals surface area contributed by atoms with Crippen molar-refractivity contribution in [3.05, 3.63) is 58.6 Å². The van der Waals surface area contributed by atoms with Crippen LogP contribution in [0.4, 0.5) is 19.3 Å². The lowest BCUT2D eigenvalue weighted by Crippen LogP contribution is -2.30. The lowest BCUT2D eigenvalue weighted by atomic mass is 10.2. The van der Waals surface area contributed by atoms with Crippen LogP contribution in [0, 0.1) is 18.6 Å². The average Bonchev–Trinajstić information content (AvgIpc) is 2.51. The van der Waals surface area contributed by atoms with E-state index >= 15 is 0 Å². The summed E-state index contributed by atoms with van der Waals surface area (Å²) in [7, 11) is 0. The fourth-order valence-electron chi connectivity index (χ4n) is 1.83. The Morgan fingerprint density at radius 1 is 1.22 bits per heavy atom. The van der Waals surface area contributed by atoms with Crippen molar-refractivity contribution < 1.29 is 13.6 Å². The van der Waals surface area contributed by atoms with Gasteiger partial charge in [-0.1, -0.05) is 29.8 Å². The highest BCUT2D eigenvalue weighted by molar-refractivity contribution is 7.99. The number of hydrogen-bond acceptors (Lipinski definition) is 2. The van der Waals surface area contributed by atoms with E-state index < -0.39 is 17.7 Å². The number of carbonyl (C=O) groups excluding carboxylic acids is 1. The Kier molecular flexibility index (Phi) is 6.24. The van der Waals surface area contributed by atoms with E-state index in [1.165, 1.54) is 5.56 Å². The third-order valence-corrected chi connectivity index (χ3v) is 4.49. The van der Waals surface area contributed by atoms with Gasteiger partial charge in [0.05, 0.1) is 10.7 Å². The Hall–Kier alpha value is -1.79. The van der Waals surface area contributed by atoms with Crippen LogP contribution >= 0.6 is 23.4 Å². The maximum Gasteiger partial charge on any atom is 0.319 e. The van der Waals surface area contributed by atoms with Crippen LogP contribution in [0.15, 0.2) is 41.3 Å². The highest BCUT2D eigenvalue weighted by atomic mass is 35.5. The molecule has 0 radical (unpaired) electrons. The number of anilines is 1. The summed E-state index contributed by atoms with van der Waals surface area (Å²) in [5, 5.41) is 4.97. The van der Waals surface area contributed by atoms with Gasteiger partial charge >= 0.3 is 6.03 Å². The van der Waals surface area contributed by atoms with E-state index in [9.17, 15) is 13.6 Å². The zero-order valence-electron chi connectivity index (χ0n) is 12.3. The van der Waals surface area contributed by atoms with Crippen LogP contribution in [-0.4, -0.2) is 18.3 Å². The van der Waals surface area contributed by atoms with Crippen LogP contribution in [0.5, 0.6) is 0 Å². The summed E-state index contributed by atoms with van der Waals surface area (Å²) in [5.74, 6) is -1.44. The number of rotatable bonds is 5. The number of nitrogens with one attached hydrogen (secondary N) is 2. The lowest BCUT2D eigenvalue weighted by Gasteiger charge is -2.10. The molecule has 2 rings (SSSR count). The van der Waals surface area contributed by atoms with Crippen molar-refractivity contribution in [1.29, 1.82) is 0 Å². The summed E-state index contributed by atoms with van der Waals surface area (Å²) in [6.45, 7) is 2.44. The normalized spacial score (nSPS) is 10.4. The van der Waals surface area contributed by atoms with Gasteiger partial charge in [0.15, 0.2) is 11.6 Å². The second kappa shape index (κ2) is 8.17. The molecular weight excluding hydrogens is 342 g/mol. The first kappa shape index (κ1) is 17.6. The Morgan fingerprint density at radius 3 is 2.65 bits per heavy atom. The Balaban J connectivity index is 1.80. The molecule has 0 saturated heterocycles. The summed E-state index contributed by atoms with van der Waals surface area (Å²) in [5.41, 5.74) is 1.20. The minimum Gasteiger partial charge on any atom is -0.337 e. The van der Waals surface area contributed by atoms with Crippen LogP contribution < -0.4 is 10.6 Å². The zero-order chi connectivity index (χ0) is 16.8. The van der Waals surface area contributed by atoms with Gasteiger partial charge in [-0.15, -0.1) is 11.8 Å². The van der Waals surface area contributed by atoms with E-state index in [1.54, 1.807) is 11.8 Å². The molecule has 0 spiro atoms. The summed E-state index contributed by atoms with van der Waals surface area (Å²) in [6.07, 6.45) is 0. The molecule has 23 heavy (non-hydrogen) atoms. The van der Waals surface area contributed by atoms with Gasteiger partial charge in [0.2, 0.25) is 0 Å². The molecule has 0 aromatic heterocycles. The SMILES string of the molecule is Cc1ccccc1SCCNC(=O)Nc1cc(F)c(F)cc1Cl. The highest BCUT2D eigenvalue weighted by Crippen LogP contribution is 2.24. The van der Waals surface area contributed by atoms with Gasteiger partial charge in [-0.3, -0.25) is 0 Å². The van der Waals surface area contributed by atoms with E-state index in [0.717, 1.165) is 17.0 Å². The molecule has 0 unspecified atom stereocenters. The van der Waals surface area contributed by atoms with E-state index in [0.29, 0.717) is 12.3 Å². The van der Waals surface area contributed by atoms with Gasteiger partial charge in [-0.05, 0) is 24.6 Å². The van der Waals surface area contributed by atoms with Crippen molar-refractivity contribution in [2.24, 2.45) is 0 Å². The maximum atomic E-state index is 13.1. The quantitative estimate of drug-likeness (QED) is 0.457. The first-order valence-electron chi connectivity index (χ1n) is 6.85. The van der Waals surface area contributed by atoms with Gasteiger partial charge in [0, 0.05) is 23.3 Å². The Bertz CT molecular complexity index is 712. The molecule has 2 N–H and O–H groups in total. The third kappa shape index (κ3) is 5.11. The predicted octanol–water partition coefficient (Wildman–Crippen LogP) is 4.84. The first-order chi connectivity index (χ1) is 11.0. The topological polar surface area (TPSA) is 41.1 Å². The number of thioether (sulfide) groups is 1. The summed E-state index contributed by atoms with van der Waals surface area (Å²) in [6, 6.07) is 9.11. The van der Waals surface area contributed by atoms with E-state index in [4.69, 9.17) is 11.6 Å². The smallest absolute Gasteiger partial charge is 0.319 e. The number of amides is 2. The molecule has 0 fully saturated rings. The van der Waals surface area contributed by atoms with Crippen LogP contribution in [0.25, 0.3) is 0 Å². The molecule has 2 amide bonds. The standard InChI is InChI=1S/C16H15ClF2N2OS/c1-10-4-2-3-5-15(10)23-7-6-20-16(22)21-14-9-13(19)12(18)8-11(14)17/h2-5,8-9H,6-7H2,1H3,(H2,20,21,22). The van der Waals surface area contributed by atoms with Gasteiger partial charge < -0.3 is 10.6 Å². The van der Waals surface area contributed by atoms with Crippen LogP contribution in [0.2, 0.25) is 5.02 Å². The highest BCUT2D eigenvalue weighted by Gasteiger charge is 2.10. The van der Waals surface area contributed by atoms with Crippen LogP contribution in [0.1, 0.15) is 5.56 Å². The molecule has 0 aliphatic rings. The van der Waals surface area contributed by atoms with Crippen LogP contribution in [0.3, 0.4) is 0 Å². The molecule has 0 aliphatic carbocycles. The number of benzene rings is 2. The summed E-state index contributed by atoms with van der Waals surface area (Å²) in [4.78, 5) is 12.9. The molecule has 2 aromatic rings. The zero-order valence-corrected chi connectivity index (χ0v) is 13.9. The Labute approximate surface area is 142 Å². The van der Waals surface area contributed by atoms with E-state index in [-0.39, 0.29) is 10.7 Å². The first-order valence-corrected chi connectivity index (χ1v) is 8.21. The molecule has 122 valence electrons. The molecule has 2 aromatic carbocycles. The maximum absolute atomic E-state index is 13.1. The third-order valence-electron chi connectivity index (χ3n) is 3.00. The number of aryl methyl sites for hydroxylation is 1. The number of halogens is 3. The number of urea groups is 1. The fraction of sp³-hybridized carbons (Fsp3) is 0.188. The molecule has 3 nitrogen and oxygen atoms in total. The molecular formula is C16H15ClF2N2OS. The van der Waals surface area contributed by atoms with Gasteiger partial charge in [-0.25, -0.2) is 13.6 Å². The van der Waals surface area contributed by atoms with Gasteiger partial charge in [-0.2, -0.15) is 0 Å². The van der Waals surface area contributed by atoms with Crippen molar-refractivity contribution in [3.63, 3.8) is 0 Å². The van der Waals surface area contributed by atoms with Crippen molar-refractivity contribution in [2.45, 2.75) is 11.8 Å². The largest absolute Gasteiger partial charge is 0.337 e. The monoisotopic (exact) mass is 356 g/mol. The Morgan fingerprint density at radius 2 is 1.91 bits per heavy atom. The number of hydrogen-bond donors (Lipinski definition) is 2. The molecule has 0 bridgehead atoms. The predicted molar refractivity (Wildman–Crippen MR) is 90.3 cm³/mol. The van der Waals surface area contributed by atoms with Crippen LogP contribution in [-0.2, 0) is 0 Å². The summed E-state index contributed by atoms with van der Waals surface area (Å²) < 4.78 is 26.1. The van der Waals surface area contributed by atoms with Crippen molar-refractivity contribution in [2.75, 3.05) is 17.6 Å². The van der Waals surface area contributed by atoms with Gasteiger partial charge in [0.1, 0.15) is 0 Å². The fourth-order valence-corrected chi connectivity index (χ4v) is 2.92. The minimum absolute atomic E-state index is 0.0228. The lowest BCUT2D eigenvalue weighted by molar-refractivity contribution is 0.252. The minimum atomic E-state index is -1.07. The van der Waals surface area contributed by atoms with Crippen molar-refractivity contribution >= 4 is 35.1 Å². The van der Waals surface area contributed by atoms with Crippen molar-refractivity contribution in [1.82, 2.24) is 5.32 Å². The molecule has 0 atom stereocenters. The van der Waals surface area contributed by atoms with Crippen molar-refractivity contribution in [3.8, 4) is 0 Å². The van der Waals surface area contributed by atoms with E-state index in [2.05, 4.69) is 10.6 Å². The molecule has 7 heteroatoms. The average molecular weight is 357 g/mol. The molecule has 0 heterocycles. The summed E-state index contributed by atoms with van der Waals surface area (Å²) >= 11 is 7.38. The van der Waals surface area contributed by atoms with Gasteiger partial charge in [0.25, 0.3) is 0 Å². The molecule has 0 aliphatic heterocycles. The second-order valence-corrected chi connectivity index (χ2v) is 6.28. The van der Waals surface area contributed by atoms with E-state index in [1.807, 2.05) is 31.2 Å².